The number of aryl methyl sites for hydroxylation is 2. The molecule has 1 aliphatic carbocycles. The van der Waals surface area contributed by atoms with Crippen LogP contribution in [0.5, 0.6) is 5.75 Å². The van der Waals surface area contributed by atoms with Gasteiger partial charge < -0.3 is 15.0 Å². The van der Waals surface area contributed by atoms with Crippen molar-refractivity contribution in [2.75, 3.05) is 23.3 Å². The number of anilines is 2. The van der Waals surface area contributed by atoms with E-state index >= 15 is 0 Å². The van der Waals surface area contributed by atoms with E-state index in [1.165, 1.54) is 30.0 Å². The fourth-order valence-electron chi connectivity index (χ4n) is 5.94. The summed E-state index contributed by atoms with van der Waals surface area (Å²) in [7, 11) is 0. The van der Waals surface area contributed by atoms with Crippen molar-refractivity contribution in [2.24, 2.45) is 11.8 Å². The van der Waals surface area contributed by atoms with Crippen molar-refractivity contribution < 1.29 is 17.9 Å². The molecule has 0 amide bonds. The lowest BCUT2D eigenvalue weighted by Crippen LogP contribution is -2.48. The Bertz CT molecular complexity index is 1200. The maximum atomic E-state index is 12.7. The first-order valence-corrected chi connectivity index (χ1v) is 12.8. The number of halogens is 3. The number of fused-ring (bicyclic) bond motifs is 3. The van der Waals surface area contributed by atoms with E-state index in [-0.39, 0.29) is 11.7 Å². The van der Waals surface area contributed by atoms with E-state index in [9.17, 15) is 13.2 Å². The minimum atomic E-state index is -4.71. The molecule has 2 unspecified atom stereocenters. The van der Waals surface area contributed by atoms with Crippen LogP contribution in [-0.4, -0.2) is 44.6 Å². The van der Waals surface area contributed by atoms with E-state index in [0.717, 1.165) is 49.6 Å². The van der Waals surface area contributed by atoms with Crippen LogP contribution in [0.3, 0.4) is 0 Å². The van der Waals surface area contributed by atoms with Crippen LogP contribution in [0.2, 0.25) is 0 Å². The molecule has 4 atom stereocenters. The van der Waals surface area contributed by atoms with E-state index < -0.39 is 6.36 Å². The lowest BCUT2D eigenvalue weighted by Gasteiger charge is -2.38. The Morgan fingerprint density at radius 3 is 2.63 bits per heavy atom. The van der Waals surface area contributed by atoms with Gasteiger partial charge in [0.25, 0.3) is 0 Å². The maximum Gasteiger partial charge on any atom is 0.573 e. The first-order chi connectivity index (χ1) is 16.8. The highest BCUT2D eigenvalue weighted by molar-refractivity contribution is 7.10. The van der Waals surface area contributed by atoms with Crippen molar-refractivity contribution in [3.63, 3.8) is 0 Å². The van der Waals surface area contributed by atoms with E-state index in [0.29, 0.717) is 23.8 Å². The number of alkyl halides is 3. The highest BCUT2D eigenvalue weighted by Gasteiger charge is 2.43. The molecule has 6 rings (SSSR count). The number of aromatic nitrogens is 4. The van der Waals surface area contributed by atoms with Gasteiger partial charge in [0, 0.05) is 31.6 Å². The van der Waals surface area contributed by atoms with Crippen LogP contribution >= 0.6 is 11.5 Å². The van der Waals surface area contributed by atoms with E-state index in [1.54, 1.807) is 17.6 Å². The second kappa shape index (κ2) is 8.69. The first kappa shape index (κ1) is 22.6. The molecule has 2 aromatic heterocycles. The summed E-state index contributed by atoms with van der Waals surface area (Å²) >= 11 is 1.57. The third kappa shape index (κ3) is 4.57. The largest absolute Gasteiger partial charge is 0.573 e. The standard InChI is InChI=1S/C24H27F3N6OS/c1-14-10-20(35-31-14)32-12-16-7-8-17(13-32)21(16)28-23-29-22-19(6-3-9-33(22)30-23)15-4-2-5-18(11-15)34-24(25,26)27/h2,4-5,10-11,16-17,19,21H,3,6-9,12-13H2,1H3,(H,28,30)/t16-,17+,19?,21?. The fraction of sp³-hybridized carbons (Fsp3) is 0.542. The Balaban J connectivity index is 1.19. The zero-order chi connectivity index (χ0) is 24.2. The van der Waals surface area contributed by atoms with Gasteiger partial charge in [-0.15, -0.1) is 18.3 Å². The summed E-state index contributed by atoms with van der Waals surface area (Å²) < 4.78 is 48.6. The molecule has 11 heteroatoms. The normalized spacial score (nSPS) is 26.0. The molecular formula is C24H27F3N6OS. The highest BCUT2D eigenvalue weighted by Crippen LogP contribution is 2.41. The molecule has 0 spiro atoms. The summed E-state index contributed by atoms with van der Waals surface area (Å²) in [6.07, 6.45) is -0.651. The van der Waals surface area contributed by atoms with Gasteiger partial charge in [0.05, 0.1) is 5.69 Å². The molecule has 3 aliphatic rings. The first-order valence-electron chi connectivity index (χ1n) is 12.1. The van der Waals surface area contributed by atoms with Gasteiger partial charge in [0.15, 0.2) is 0 Å². The molecule has 1 aromatic carbocycles. The Labute approximate surface area is 205 Å². The number of nitrogens with one attached hydrogen (secondary N) is 1. The molecule has 1 saturated heterocycles. The molecule has 3 aromatic rings. The highest BCUT2D eigenvalue weighted by atomic mass is 32.1. The van der Waals surface area contributed by atoms with Gasteiger partial charge in [0.2, 0.25) is 5.95 Å². The van der Waals surface area contributed by atoms with Crippen LogP contribution < -0.4 is 15.0 Å². The monoisotopic (exact) mass is 504 g/mol. The third-order valence-electron chi connectivity index (χ3n) is 7.43. The molecule has 0 radical (unpaired) electrons. The van der Waals surface area contributed by atoms with Gasteiger partial charge in [-0.3, -0.25) is 0 Å². The molecule has 2 fully saturated rings. The zero-order valence-corrected chi connectivity index (χ0v) is 20.1. The van der Waals surface area contributed by atoms with Gasteiger partial charge in [-0.05, 0) is 79.7 Å². The fourth-order valence-corrected chi connectivity index (χ4v) is 6.72. The van der Waals surface area contributed by atoms with E-state index in [2.05, 4.69) is 25.4 Å². The number of nitrogens with zero attached hydrogens (tertiary/aromatic N) is 5. The smallest absolute Gasteiger partial charge is 0.406 e. The van der Waals surface area contributed by atoms with Crippen LogP contribution in [0.4, 0.5) is 24.1 Å². The van der Waals surface area contributed by atoms with Crippen LogP contribution in [-0.2, 0) is 6.54 Å². The van der Waals surface area contributed by atoms with Gasteiger partial charge in [-0.25, -0.2) is 4.68 Å². The minimum absolute atomic E-state index is 0.114. The second-order valence-electron chi connectivity index (χ2n) is 9.81. The minimum Gasteiger partial charge on any atom is -0.406 e. The van der Waals surface area contributed by atoms with E-state index in [1.807, 2.05) is 17.7 Å². The van der Waals surface area contributed by atoms with Crippen molar-refractivity contribution in [3.8, 4) is 5.75 Å². The molecule has 2 bridgehead atoms. The second-order valence-corrected chi connectivity index (χ2v) is 10.6. The van der Waals surface area contributed by atoms with Gasteiger partial charge in [0.1, 0.15) is 16.6 Å². The average molecular weight is 505 g/mol. The molecule has 4 heterocycles. The van der Waals surface area contributed by atoms with Crippen molar-refractivity contribution in [1.82, 2.24) is 19.1 Å². The number of rotatable bonds is 5. The van der Waals surface area contributed by atoms with Crippen LogP contribution in [0, 0.1) is 18.8 Å². The topological polar surface area (TPSA) is 68.1 Å². The molecule has 1 saturated carbocycles. The lowest BCUT2D eigenvalue weighted by molar-refractivity contribution is -0.274. The molecule has 7 nitrogen and oxygen atoms in total. The molecular weight excluding hydrogens is 477 g/mol. The summed E-state index contributed by atoms with van der Waals surface area (Å²) in [5, 5.41) is 9.62. The Morgan fingerprint density at radius 1 is 1.11 bits per heavy atom. The predicted molar refractivity (Wildman–Crippen MR) is 127 cm³/mol. The van der Waals surface area contributed by atoms with Gasteiger partial charge in [-0.2, -0.15) is 9.36 Å². The average Bonchev–Trinajstić information content (AvgIpc) is 3.48. The van der Waals surface area contributed by atoms with Crippen LogP contribution in [0.1, 0.15) is 48.7 Å². The number of ether oxygens (including phenoxy) is 1. The number of piperidine rings is 1. The van der Waals surface area contributed by atoms with E-state index in [4.69, 9.17) is 10.1 Å². The summed E-state index contributed by atoms with van der Waals surface area (Å²) in [6, 6.07) is 8.72. The Morgan fingerprint density at radius 2 is 1.91 bits per heavy atom. The van der Waals surface area contributed by atoms with Crippen molar-refractivity contribution in [2.45, 2.75) is 57.5 Å². The number of hydrogen-bond donors (Lipinski definition) is 1. The van der Waals surface area contributed by atoms with Crippen molar-refractivity contribution in [1.29, 1.82) is 0 Å². The maximum absolute atomic E-state index is 12.7. The van der Waals surface area contributed by atoms with Gasteiger partial charge >= 0.3 is 6.36 Å². The third-order valence-corrected chi connectivity index (χ3v) is 8.37. The Hall–Kier alpha value is -2.82. The van der Waals surface area contributed by atoms with Crippen LogP contribution in [0.25, 0.3) is 0 Å². The number of benzene rings is 1. The molecule has 35 heavy (non-hydrogen) atoms. The number of hydrogen-bond acceptors (Lipinski definition) is 7. The molecule has 1 N–H and O–H groups in total. The van der Waals surface area contributed by atoms with Crippen molar-refractivity contribution >= 4 is 22.5 Å². The predicted octanol–water partition coefficient (Wildman–Crippen LogP) is 5.19. The Kier molecular flexibility index (Phi) is 5.62. The quantitative estimate of drug-likeness (QED) is 0.516. The van der Waals surface area contributed by atoms with Crippen molar-refractivity contribution in [3.05, 3.63) is 47.4 Å². The molecule has 186 valence electrons. The zero-order valence-electron chi connectivity index (χ0n) is 19.3. The lowest BCUT2D eigenvalue weighted by atomic mass is 9.91. The van der Waals surface area contributed by atoms with Gasteiger partial charge in [-0.1, -0.05) is 12.1 Å². The summed E-state index contributed by atoms with van der Waals surface area (Å²) in [5.41, 5.74) is 1.83. The SMILES string of the molecule is Cc1cc(N2C[C@H]3CC[C@@H](C2)C3Nc2nc3n(n2)CCCC3c2cccc(OC(F)(F)F)c2)sn1. The summed E-state index contributed by atoms with van der Waals surface area (Å²) in [4.78, 5) is 7.30. The summed E-state index contributed by atoms with van der Waals surface area (Å²) in [5.74, 6) is 2.14. The summed E-state index contributed by atoms with van der Waals surface area (Å²) in [6.45, 7) is 4.78. The molecule has 2 aliphatic heterocycles. The van der Waals surface area contributed by atoms with Crippen LogP contribution in [0.15, 0.2) is 30.3 Å².